The summed E-state index contributed by atoms with van der Waals surface area (Å²) in [6.45, 7) is -1.42. The second-order valence-electron chi connectivity index (χ2n) is 7.07. The molecular formula is C21H16F5N5O3. The van der Waals surface area contributed by atoms with Gasteiger partial charge in [0.15, 0.2) is 0 Å². The summed E-state index contributed by atoms with van der Waals surface area (Å²) in [7, 11) is 0. The fourth-order valence-corrected chi connectivity index (χ4v) is 3.28. The average molecular weight is 481 g/mol. The lowest BCUT2D eigenvalue weighted by molar-refractivity contribution is -0.274. The Hall–Kier alpha value is -4.16. The summed E-state index contributed by atoms with van der Waals surface area (Å²) in [5, 5.41) is 20.9. The molecule has 0 fully saturated rings. The van der Waals surface area contributed by atoms with Crippen molar-refractivity contribution in [3.05, 3.63) is 60.6 Å². The molecule has 34 heavy (non-hydrogen) atoms. The largest absolute Gasteiger partial charge is 0.573 e. The third-order valence-corrected chi connectivity index (χ3v) is 4.73. The molecule has 0 amide bonds. The predicted molar refractivity (Wildman–Crippen MR) is 110 cm³/mol. The highest BCUT2D eigenvalue weighted by molar-refractivity contribution is 5.81. The fourth-order valence-electron chi connectivity index (χ4n) is 3.28. The molecule has 8 nitrogen and oxygen atoms in total. The Labute approximate surface area is 188 Å². The van der Waals surface area contributed by atoms with Crippen LogP contribution >= 0.6 is 0 Å². The molecule has 0 saturated heterocycles. The standard InChI is InChI=1S/C21H16F5N5O3/c1-11(12-3-2-4-13(32)7-12)28-20-30-29-18(16-9-27-10-31(16)20)15-6-5-14(33-19(22)23)8-17(15)34-21(24,25)26/h2-11,19,32H,1H3,(H,28,30). The number of aromatic nitrogens is 4. The van der Waals surface area contributed by atoms with Crippen molar-refractivity contribution in [2.24, 2.45) is 0 Å². The van der Waals surface area contributed by atoms with Gasteiger partial charge in [0.05, 0.1) is 17.8 Å². The molecule has 0 spiro atoms. The van der Waals surface area contributed by atoms with Gasteiger partial charge in [-0.2, -0.15) is 8.78 Å². The van der Waals surface area contributed by atoms with E-state index in [0.717, 1.165) is 17.7 Å². The van der Waals surface area contributed by atoms with Crippen LogP contribution in [0.15, 0.2) is 55.0 Å². The van der Waals surface area contributed by atoms with Crippen LogP contribution < -0.4 is 14.8 Å². The number of hydrogen-bond donors (Lipinski definition) is 2. The summed E-state index contributed by atoms with van der Waals surface area (Å²) < 4.78 is 73.7. The molecule has 1 atom stereocenters. The van der Waals surface area contributed by atoms with Crippen LogP contribution in [0.1, 0.15) is 18.5 Å². The van der Waals surface area contributed by atoms with Crippen molar-refractivity contribution in [1.82, 2.24) is 19.6 Å². The number of halogens is 5. The highest BCUT2D eigenvalue weighted by Gasteiger charge is 2.33. The zero-order valence-electron chi connectivity index (χ0n) is 17.3. The summed E-state index contributed by atoms with van der Waals surface area (Å²) in [6.07, 6.45) is -2.36. The van der Waals surface area contributed by atoms with Crippen LogP contribution in [0.4, 0.5) is 27.9 Å². The Morgan fingerprint density at radius 3 is 2.59 bits per heavy atom. The second kappa shape index (κ2) is 9.00. The molecular weight excluding hydrogens is 465 g/mol. The second-order valence-corrected chi connectivity index (χ2v) is 7.07. The number of benzene rings is 2. The highest BCUT2D eigenvalue weighted by Crippen LogP contribution is 2.38. The minimum atomic E-state index is -5.10. The number of phenols is 1. The third kappa shape index (κ3) is 5.08. The molecule has 4 aromatic rings. The molecule has 2 aromatic heterocycles. The Balaban J connectivity index is 1.74. The number of imidazole rings is 1. The number of aromatic hydroxyl groups is 1. The number of ether oxygens (including phenoxy) is 2. The third-order valence-electron chi connectivity index (χ3n) is 4.73. The molecule has 0 radical (unpaired) electrons. The van der Waals surface area contributed by atoms with Crippen LogP contribution in [0.5, 0.6) is 17.2 Å². The van der Waals surface area contributed by atoms with Gasteiger partial charge in [-0.3, -0.25) is 4.40 Å². The van der Waals surface area contributed by atoms with Gasteiger partial charge in [-0.1, -0.05) is 12.1 Å². The summed E-state index contributed by atoms with van der Waals surface area (Å²) >= 11 is 0. The minimum absolute atomic E-state index is 0.0316. The zero-order chi connectivity index (χ0) is 24.5. The molecule has 2 N–H and O–H groups in total. The summed E-state index contributed by atoms with van der Waals surface area (Å²) in [6, 6.07) is 9.09. The van der Waals surface area contributed by atoms with E-state index in [9.17, 15) is 27.1 Å². The SMILES string of the molecule is CC(Nc1nnc(-c2ccc(OC(F)F)cc2OC(F)(F)F)c2cncn12)c1cccc(O)c1. The zero-order valence-corrected chi connectivity index (χ0v) is 17.3. The van der Waals surface area contributed by atoms with Gasteiger partial charge in [-0.25, -0.2) is 4.98 Å². The van der Waals surface area contributed by atoms with Crippen molar-refractivity contribution >= 4 is 11.5 Å². The van der Waals surface area contributed by atoms with E-state index >= 15 is 0 Å². The van der Waals surface area contributed by atoms with Gasteiger partial charge in [0.2, 0.25) is 5.95 Å². The number of rotatable bonds is 7. The summed E-state index contributed by atoms with van der Waals surface area (Å²) in [5.41, 5.74) is 0.824. The predicted octanol–water partition coefficient (Wildman–Crippen LogP) is 5.17. The first-order valence-corrected chi connectivity index (χ1v) is 9.70. The van der Waals surface area contributed by atoms with Crippen LogP contribution in [-0.2, 0) is 0 Å². The number of nitrogens with zero attached hydrogens (tertiary/aromatic N) is 4. The van der Waals surface area contributed by atoms with E-state index in [4.69, 9.17) is 0 Å². The molecule has 2 heterocycles. The van der Waals surface area contributed by atoms with Gasteiger partial charge in [0.25, 0.3) is 0 Å². The quantitative estimate of drug-likeness (QED) is 0.352. The Morgan fingerprint density at radius 2 is 1.88 bits per heavy atom. The van der Waals surface area contributed by atoms with Gasteiger partial charge in [-0.05, 0) is 36.8 Å². The molecule has 2 aromatic carbocycles. The number of phenolic OH excluding ortho intramolecular Hbond substituents is 1. The van der Waals surface area contributed by atoms with E-state index < -0.39 is 24.5 Å². The van der Waals surface area contributed by atoms with Crippen molar-refractivity contribution in [3.8, 4) is 28.5 Å². The smallest absolute Gasteiger partial charge is 0.508 e. The average Bonchev–Trinajstić information content (AvgIpc) is 3.23. The number of anilines is 1. The van der Waals surface area contributed by atoms with Gasteiger partial charge in [-0.15, -0.1) is 23.4 Å². The number of alkyl halides is 5. The molecule has 13 heteroatoms. The lowest BCUT2D eigenvalue weighted by Gasteiger charge is -2.18. The van der Waals surface area contributed by atoms with Crippen molar-refractivity contribution in [2.45, 2.75) is 25.9 Å². The Morgan fingerprint density at radius 1 is 1.09 bits per heavy atom. The molecule has 0 bridgehead atoms. The van der Waals surface area contributed by atoms with Crippen molar-refractivity contribution in [1.29, 1.82) is 0 Å². The van der Waals surface area contributed by atoms with E-state index in [1.807, 2.05) is 6.92 Å². The van der Waals surface area contributed by atoms with Crippen LogP contribution in [0.2, 0.25) is 0 Å². The first kappa shape index (κ1) is 23.0. The van der Waals surface area contributed by atoms with Gasteiger partial charge in [0.1, 0.15) is 29.3 Å². The maximum absolute atomic E-state index is 13.0. The molecule has 0 aliphatic heterocycles. The number of nitrogens with one attached hydrogen (secondary N) is 1. The fraction of sp³-hybridized carbons (Fsp3) is 0.190. The monoisotopic (exact) mass is 481 g/mol. The molecule has 0 saturated carbocycles. The lowest BCUT2D eigenvalue weighted by Crippen LogP contribution is -2.18. The summed E-state index contributed by atoms with van der Waals surface area (Å²) in [4.78, 5) is 4.02. The van der Waals surface area contributed by atoms with Crippen LogP contribution in [0.25, 0.3) is 16.8 Å². The maximum Gasteiger partial charge on any atom is 0.573 e. The van der Waals surface area contributed by atoms with Crippen molar-refractivity contribution in [2.75, 3.05) is 5.32 Å². The van der Waals surface area contributed by atoms with Crippen molar-refractivity contribution in [3.63, 3.8) is 0 Å². The van der Waals surface area contributed by atoms with E-state index in [1.54, 1.807) is 18.2 Å². The molecule has 1 unspecified atom stereocenters. The first-order chi connectivity index (χ1) is 16.1. The van der Waals surface area contributed by atoms with E-state index in [2.05, 4.69) is 30.0 Å². The Kier molecular flexibility index (Phi) is 6.09. The minimum Gasteiger partial charge on any atom is -0.508 e. The topological polar surface area (TPSA) is 93.8 Å². The normalized spacial score (nSPS) is 12.7. The van der Waals surface area contributed by atoms with Gasteiger partial charge >= 0.3 is 13.0 Å². The maximum atomic E-state index is 13.0. The van der Waals surface area contributed by atoms with Crippen molar-refractivity contribution < 1.29 is 36.5 Å². The Bertz CT molecular complexity index is 1310. The van der Waals surface area contributed by atoms with Crippen LogP contribution in [-0.4, -0.2) is 37.7 Å². The van der Waals surface area contributed by atoms with Crippen LogP contribution in [0, 0.1) is 0 Å². The number of fused-ring (bicyclic) bond motifs is 1. The van der Waals surface area contributed by atoms with E-state index in [-0.39, 0.29) is 34.5 Å². The van der Waals surface area contributed by atoms with E-state index in [1.165, 1.54) is 23.0 Å². The molecule has 4 rings (SSSR count). The first-order valence-electron chi connectivity index (χ1n) is 9.70. The lowest BCUT2D eigenvalue weighted by atomic mass is 10.1. The molecule has 0 aliphatic rings. The molecule has 178 valence electrons. The van der Waals surface area contributed by atoms with Gasteiger partial charge in [0, 0.05) is 11.6 Å². The highest BCUT2D eigenvalue weighted by atomic mass is 19.4. The number of hydrogen-bond acceptors (Lipinski definition) is 7. The van der Waals surface area contributed by atoms with E-state index in [0.29, 0.717) is 6.07 Å². The summed E-state index contributed by atoms with van der Waals surface area (Å²) in [5.74, 6) is -1.01. The molecule has 0 aliphatic carbocycles. The van der Waals surface area contributed by atoms with Gasteiger partial charge < -0.3 is 19.9 Å². The van der Waals surface area contributed by atoms with Crippen LogP contribution in [0.3, 0.4) is 0 Å².